The van der Waals surface area contributed by atoms with Crippen molar-refractivity contribution in [1.82, 2.24) is 15.2 Å². The molecular formula is C45H54N4O10. The highest BCUT2D eigenvalue weighted by Crippen LogP contribution is 2.68. The van der Waals surface area contributed by atoms with Crippen LogP contribution in [0.4, 0.5) is 5.69 Å². The summed E-state index contributed by atoms with van der Waals surface area (Å²) in [7, 11) is 4.02. The number of benzene rings is 2. The van der Waals surface area contributed by atoms with Crippen LogP contribution in [-0.4, -0.2) is 116 Å². The van der Waals surface area contributed by atoms with E-state index < -0.39 is 57.9 Å². The lowest BCUT2D eigenvalue weighted by Crippen LogP contribution is -2.81. The largest absolute Gasteiger partial charge is 0.496 e. The molecule has 5 aliphatic rings. The van der Waals surface area contributed by atoms with Crippen LogP contribution in [0.25, 0.3) is 10.9 Å². The average Bonchev–Trinajstić information content (AvgIpc) is 3.92. The molecule has 1 aliphatic carbocycles. The quantitative estimate of drug-likeness (QED) is 0.118. The molecule has 2 aromatic carbocycles. The summed E-state index contributed by atoms with van der Waals surface area (Å²) in [6.07, 6.45) is 5.17. The first-order chi connectivity index (χ1) is 28.4. The van der Waals surface area contributed by atoms with Crippen LogP contribution >= 0.6 is 0 Å². The third kappa shape index (κ3) is 5.51. The monoisotopic (exact) mass is 810 g/mol. The Morgan fingerprint density at radius 2 is 1.78 bits per heavy atom. The molecule has 59 heavy (non-hydrogen) atoms. The van der Waals surface area contributed by atoms with Gasteiger partial charge in [-0.3, -0.25) is 24.1 Å². The summed E-state index contributed by atoms with van der Waals surface area (Å²) in [5.41, 5.74) is -2.53. The highest BCUT2D eigenvalue weighted by atomic mass is 16.6. The third-order valence-electron chi connectivity index (χ3n) is 14.4. The summed E-state index contributed by atoms with van der Waals surface area (Å²) in [6, 6.07) is 9.75. The van der Waals surface area contributed by atoms with Crippen molar-refractivity contribution in [1.29, 1.82) is 0 Å². The van der Waals surface area contributed by atoms with Crippen LogP contribution in [0.5, 0.6) is 5.75 Å². The maximum absolute atomic E-state index is 15.2. The minimum absolute atomic E-state index is 0.0647. The number of rotatable bonds is 10. The van der Waals surface area contributed by atoms with Crippen molar-refractivity contribution in [3.05, 3.63) is 70.9 Å². The molecular weight excluding hydrogens is 757 g/mol. The molecule has 8 atom stereocenters. The first-order valence-electron chi connectivity index (χ1n) is 20.6. The zero-order valence-electron chi connectivity index (χ0n) is 34.6. The van der Waals surface area contributed by atoms with Gasteiger partial charge in [-0.05, 0) is 74.5 Å². The van der Waals surface area contributed by atoms with Gasteiger partial charge in [0.25, 0.3) is 0 Å². The Kier molecular flexibility index (Phi) is 10.3. The number of H-pyrrole nitrogens is 1. The highest BCUT2D eigenvalue weighted by Gasteiger charge is 2.81. The van der Waals surface area contributed by atoms with E-state index in [0.29, 0.717) is 80.8 Å². The molecule has 1 amide bonds. The molecule has 2 fully saturated rings. The second-order valence-electron chi connectivity index (χ2n) is 16.9. The minimum atomic E-state index is -2.54. The molecule has 0 unspecified atom stereocenters. The van der Waals surface area contributed by atoms with Crippen molar-refractivity contribution >= 4 is 46.7 Å². The lowest BCUT2D eigenvalue weighted by Gasteiger charge is -2.63. The zero-order chi connectivity index (χ0) is 42.1. The van der Waals surface area contributed by atoms with E-state index >= 15 is 4.79 Å². The number of amides is 1. The second kappa shape index (κ2) is 14.9. The van der Waals surface area contributed by atoms with Gasteiger partial charge in [0.2, 0.25) is 12.0 Å². The van der Waals surface area contributed by atoms with Gasteiger partial charge in [0.1, 0.15) is 16.9 Å². The number of nitrogens with zero attached hydrogens (tertiary/aromatic N) is 2. The Hall–Kier alpha value is -5.05. The lowest BCUT2D eigenvalue weighted by atomic mass is 9.47. The topological polar surface area (TPSA) is 177 Å². The fraction of sp³-hybridized carbons (Fsp3) is 0.533. The van der Waals surface area contributed by atoms with Gasteiger partial charge in [0, 0.05) is 71.4 Å². The van der Waals surface area contributed by atoms with Crippen molar-refractivity contribution in [2.75, 3.05) is 52.4 Å². The van der Waals surface area contributed by atoms with Crippen molar-refractivity contribution in [3.8, 4) is 5.75 Å². The molecule has 3 aromatic rings. The Bertz CT molecular complexity index is 2250. The first kappa shape index (κ1) is 40.7. The van der Waals surface area contributed by atoms with Crippen LogP contribution in [0.1, 0.15) is 75.3 Å². The molecule has 314 valence electrons. The van der Waals surface area contributed by atoms with Gasteiger partial charge in [0.15, 0.2) is 6.10 Å². The van der Waals surface area contributed by atoms with Gasteiger partial charge in [-0.25, -0.2) is 4.79 Å². The number of aliphatic hydroxyl groups is 1. The summed E-state index contributed by atoms with van der Waals surface area (Å²) in [5.74, 6) is -2.26. The van der Waals surface area contributed by atoms with Crippen molar-refractivity contribution in [2.24, 2.45) is 11.3 Å². The van der Waals surface area contributed by atoms with Crippen LogP contribution in [0.15, 0.2) is 48.6 Å². The van der Waals surface area contributed by atoms with E-state index in [0.717, 1.165) is 16.5 Å². The molecule has 5 heterocycles. The summed E-state index contributed by atoms with van der Waals surface area (Å²) >= 11 is 0. The number of aromatic nitrogens is 1. The number of fused-ring (bicyclic) bond motifs is 4. The molecule has 14 heteroatoms. The highest BCUT2D eigenvalue weighted by molar-refractivity contribution is 5.96. The molecule has 0 radical (unpaired) electrons. The standard InChI is InChI=1S/C45H54N4O10/c1-7-28(52)20-27-23-44(40(53)57-5,36-30(14-17-46-24-27)29-12-9-10-13-33(29)47-36)32-21-31-34(22-35(32)56-4)49(25-50)38-43(31)16-19-48-18-11-15-42(8-2,37(43)48)39(59-26(3)51)45(38,55)41(54)58-6/h9-13,15,21-22,25,27,37-39,46-47,55H,7-8,14,16-20,23-24H2,1-6H3/t27-,37-,38+,39+,42+,43+,44-,45-/m0/s1. The van der Waals surface area contributed by atoms with Crippen LogP contribution in [0, 0.1) is 11.3 Å². The predicted octanol–water partition coefficient (Wildman–Crippen LogP) is 3.63. The van der Waals surface area contributed by atoms with Crippen molar-refractivity contribution in [2.45, 2.75) is 93.9 Å². The maximum atomic E-state index is 15.2. The number of carbonyl (C=O) groups is 5. The van der Waals surface area contributed by atoms with E-state index in [-0.39, 0.29) is 30.3 Å². The number of carbonyl (C=O) groups excluding carboxylic acids is 5. The van der Waals surface area contributed by atoms with Crippen molar-refractivity contribution < 1.29 is 48.0 Å². The Labute approximate surface area is 343 Å². The fourth-order valence-corrected chi connectivity index (χ4v) is 12.2. The summed E-state index contributed by atoms with van der Waals surface area (Å²) in [4.78, 5) is 76.7. The van der Waals surface area contributed by atoms with E-state index in [9.17, 15) is 24.3 Å². The summed E-state index contributed by atoms with van der Waals surface area (Å²) in [6.45, 7) is 7.16. The van der Waals surface area contributed by atoms with Gasteiger partial charge < -0.3 is 39.3 Å². The Morgan fingerprint density at radius 1 is 1.02 bits per heavy atom. The van der Waals surface area contributed by atoms with E-state index in [4.69, 9.17) is 18.9 Å². The molecule has 0 bridgehead atoms. The molecule has 1 aromatic heterocycles. The zero-order valence-corrected chi connectivity index (χ0v) is 34.6. The van der Waals surface area contributed by atoms with E-state index in [1.165, 1.54) is 33.2 Å². The van der Waals surface area contributed by atoms with Crippen LogP contribution in [0.3, 0.4) is 0 Å². The Morgan fingerprint density at radius 3 is 2.46 bits per heavy atom. The molecule has 3 N–H and O–H groups in total. The van der Waals surface area contributed by atoms with Gasteiger partial charge >= 0.3 is 17.9 Å². The smallest absolute Gasteiger partial charge is 0.344 e. The molecule has 1 spiro atoms. The molecule has 4 aliphatic heterocycles. The molecule has 1 saturated carbocycles. The van der Waals surface area contributed by atoms with Gasteiger partial charge in [0.05, 0.1) is 33.1 Å². The fourth-order valence-electron chi connectivity index (χ4n) is 12.2. The SMILES string of the molecule is CCC(=O)C[C@@H]1CNCCc2c([nH]c3ccccc23)[C@@](C(=O)OC)(c2cc3c(cc2OC)N(C=O)[C@H]2[C@@](O)(C(=O)OC)[C@H](OC(C)=O)[C@]4(CC)C=CCN5CC[C@]32[C@@H]54)C1. The van der Waals surface area contributed by atoms with E-state index in [1.54, 1.807) is 6.07 Å². The number of Topliss-reactive ketones (excluding diaryl/α,β-unsaturated/α-hetero) is 1. The summed E-state index contributed by atoms with van der Waals surface area (Å²) < 4.78 is 23.5. The second-order valence-corrected chi connectivity index (χ2v) is 16.9. The normalized spacial score (nSPS) is 32.1. The molecule has 8 rings (SSSR count). The number of methoxy groups -OCH3 is 3. The van der Waals surface area contributed by atoms with Crippen molar-refractivity contribution in [3.63, 3.8) is 0 Å². The van der Waals surface area contributed by atoms with Crippen LogP contribution in [0.2, 0.25) is 0 Å². The lowest BCUT2D eigenvalue weighted by molar-refractivity contribution is -0.228. The maximum Gasteiger partial charge on any atom is 0.344 e. The van der Waals surface area contributed by atoms with Gasteiger partial charge in [-0.2, -0.15) is 0 Å². The number of hydrogen-bond donors (Lipinski definition) is 3. The number of nitrogens with one attached hydrogen (secondary N) is 2. The molecule has 1 saturated heterocycles. The van der Waals surface area contributed by atoms with E-state index in [1.807, 2.05) is 56.3 Å². The van der Waals surface area contributed by atoms with Gasteiger partial charge in [-0.1, -0.05) is 44.2 Å². The number of esters is 3. The number of ketones is 1. The number of ether oxygens (including phenoxy) is 4. The number of aromatic amines is 1. The van der Waals surface area contributed by atoms with Crippen LogP contribution < -0.4 is 15.0 Å². The average molecular weight is 811 g/mol. The number of hydrogen-bond acceptors (Lipinski definition) is 12. The summed E-state index contributed by atoms with van der Waals surface area (Å²) in [5, 5.41) is 17.8. The minimum Gasteiger partial charge on any atom is -0.496 e. The predicted molar refractivity (Wildman–Crippen MR) is 217 cm³/mol. The van der Waals surface area contributed by atoms with E-state index in [2.05, 4.69) is 15.2 Å². The third-order valence-corrected chi connectivity index (χ3v) is 14.4. The number of para-hydroxylation sites is 1. The van der Waals surface area contributed by atoms with Crippen LogP contribution in [-0.2, 0) is 55.4 Å². The Balaban J connectivity index is 1.49. The first-order valence-corrected chi connectivity index (χ1v) is 20.6. The molecule has 14 nitrogen and oxygen atoms in total. The van der Waals surface area contributed by atoms with Gasteiger partial charge in [-0.15, -0.1) is 0 Å². The number of anilines is 1.